The van der Waals surface area contributed by atoms with Gasteiger partial charge in [-0.05, 0) is 25.0 Å². The van der Waals surface area contributed by atoms with E-state index in [1.165, 1.54) is 31.0 Å². The quantitative estimate of drug-likeness (QED) is 0.494. The molecule has 0 spiro atoms. The highest BCUT2D eigenvalue weighted by atomic mass is 32.2. The second-order valence-electron chi connectivity index (χ2n) is 4.94. The van der Waals surface area contributed by atoms with E-state index in [1.807, 2.05) is 0 Å². The first-order valence-corrected chi connectivity index (χ1v) is 8.44. The summed E-state index contributed by atoms with van der Waals surface area (Å²) < 4.78 is 5.65. The number of nitrogens with one attached hydrogen (secondary N) is 1. The van der Waals surface area contributed by atoms with Crippen LogP contribution in [0.1, 0.15) is 12.8 Å². The van der Waals surface area contributed by atoms with Crippen molar-refractivity contribution >= 4 is 45.6 Å². The average Bonchev–Trinajstić information content (AvgIpc) is 3.07. The summed E-state index contributed by atoms with van der Waals surface area (Å²) in [5, 5.41) is 13.6. The second kappa shape index (κ2) is 8.11. The molecule has 0 aromatic heterocycles. The number of ether oxygens (including phenoxy) is 1. The average molecular weight is 355 g/mol. The number of rotatable bonds is 5. The third kappa shape index (κ3) is 4.80. The van der Waals surface area contributed by atoms with Crippen molar-refractivity contribution in [2.75, 3.05) is 31.3 Å². The zero-order valence-electron chi connectivity index (χ0n) is 12.6. The molecule has 1 N–H and O–H groups in total. The van der Waals surface area contributed by atoms with Crippen LogP contribution in [-0.2, 0) is 4.79 Å². The van der Waals surface area contributed by atoms with E-state index in [2.05, 4.69) is 10.2 Å². The first-order valence-electron chi connectivity index (χ1n) is 7.05. The first kappa shape index (κ1) is 17.5. The van der Waals surface area contributed by atoms with Crippen LogP contribution in [0.3, 0.4) is 0 Å². The van der Waals surface area contributed by atoms with E-state index < -0.39 is 4.92 Å². The van der Waals surface area contributed by atoms with E-state index in [4.69, 9.17) is 17.0 Å². The number of thiocarbonyl (C=S) groups is 1. The third-order valence-corrected chi connectivity index (χ3v) is 4.89. The Morgan fingerprint density at radius 2 is 2.17 bits per heavy atom. The van der Waals surface area contributed by atoms with E-state index in [0.717, 1.165) is 25.9 Å². The predicted molar refractivity (Wildman–Crippen MR) is 94.1 cm³/mol. The van der Waals surface area contributed by atoms with Gasteiger partial charge < -0.3 is 15.0 Å². The van der Waals surface area contributed by atoms with Gasteiger partial charge in [-0.3, -0.25) is 14.9 Å². The lowest BCUT2D eigenvalue weighted by Gasteiger charge is -2.17. The van der Waals surface area contributed by atoms with Gasteiger partial charge in [-0.2, -0.15) is 0 Å². The van der Waals surface area contributed by atoms with Crippen LogP contribution in [0.5, 0.6) is 5.75 Å². The Morgan fingerprint density at radius 1 is 1.48 bits per heavy atom. The SMILES string of the molecule is COc1ccc(NC(=O)CSC(=S)N2CCCC2)c([N+](=O)[O-])c1. The van der Waals surface area contributed by atoms with Crippen molar-refractivity contribution in [1.82, 2.24) is 4.90 Å². The van der Waals surface area contributed by atoms with Crippen LogP contribution in [-0.4, -0.2) is 46.0 Å². The lowest BCUT2D eigenvalue weighted by Crippen LogP contribution is -2.25. The van der Waals surface area contributed by atoms with Crippen LogP contribution in [0.2, 0.25) is 0 Å². The monoisotopic (exact) mass is 355 g/mol. The standard InChI is InChI=1S/C14H17N3O4S2/c1-21-10-4-5-11(12(8-10)17(19)20)15-13(18)9-23-14(22)16-6-2-3-7-16/h4-5,8H,2-3,6-7,9H2,1H3,(H,15,18). The number of carbonyl (C=O) groups is 1. The van der Waals surface area contributed by atoms with Crippen LogP contribution < -0.4 is 10.1 Å². The minimum atomic E-state index is -0.555. The molecule has 0 aliphatic carbocycles. The summed E-state index contributed by atoms with van der Waals surface area (Å²) in [6.45, 7) is 1.86. The molecule has 0 atom stereocenters. The molecule has 0 saturated carbocycles. The molecule has 1 aromatic rings. The Kier molecular flexibility index (Phi) is 6.17. The van der Waals surface area contributed by atoms with Crippen molar-refractivity contribution in [2.24, 2.45) is 0 Å². The predicted octanol–water partition coefficient (Wildman–Crippen LogP) is 2.66. The van der Waals surface area contributed by atoms with E-state index >= 15 is 0 Å². The molecule has 1 aliphatic rings. The summed E-state index contributed by atoms with van der Waals surface area (Å²) in [7, 11) is 1.42. The summed E-state index contributed by atoms with van der Waals surface area (Å²) in [5.74, 6) is 0.155. The molecule has 1 aliphatic heterocycles. The maximum Gasteiger partial charge on any atom is 0.296 e. The summed E-state index contributed by atoms with van der Waals surface area (Å²) in [6, 6.07) is 4.29. The largest absolute Gasteiger partial charge is 0.496 e. The number of nitrogens with zero attached hydrogens (tertiary/aromatic N) is 2. The Balaban J connectivity index is 1.94. The molecule has 1 fully saturated rings. The van der Waals surface area contributed by atoms with E-state index in [9.17, 15) is 14.9 Å². The second-order valence-corrected chi connectivity index (χ2v) is 6.55. The number of methoxy groups -OCH3 is 1. The fourth-order valence-corrected chi connectivity index (χ4v) is 3.25. The summed E-state index contributed by atoms with van der Waals surface area (Å²) >= 11 is 6.55. The maximum atomic E-state index is 12.0. The van der Waals surface area contributed by atoms with Crippen LogP contribution >= 0.6 is 24.0 Å². The van der Waals surface area contributed by atoms with Gasteiger partial charge in [-0.15, -0.1) is 0 Å². The van der Waals surface area contributed by atoms with Gasteiger partial charge >= 0.3 is 0 Å². The van der Waals surface area contributed by atoms with Gasteiger partial charge in [0, 0.05) is 13.1 Å². The van der Waals surface area contributed by atoms with Gasteiger partial charge in [0.05, 0.1) is 23.9 Å². The number of benzene rings is 1. The smallest absolute Gasteiger partial charge is 0.296 e. The Morgan fingerprint density at radius 3 is 2.78 bits per heavy atom. The lowest BCUT2D eigenvalue weighted by atomic mass is 10.2. The maximum absolute atomic E-state index is 12.0. The number of anilines is 1. The molecular weight excluding hydrogens is 338 g/mol. The molecular formula is C14H17N3O4S2. The van der Waals surface area contributed by atoms with Crippen molar-refractivity contribution in [2.45, 2.75) is 12.8 Å². The van der Waals surface area contributed by atoms with Crippen LogP contribution in [0.25, 0.3) is 0 Å². The van der Waals surface area contributed by atoms with Crippen LogP contribution in [0.4, 0.5) is 11.4 Å². The molecule has 23 heavy (non-hydrogen) atoms. The summed E-state index contributed by atoms with van der Waals surface area (Å²) in [6.07, 6.45) is 2.23. The zero-order chi connectivity index (χ0) is 16.8. The van der Waals surface area contributed by atoms with Crippen molar-refractivity contribution in [3.63, 3.8) is 0 Å². The molecule has 1 amide bonds. The fraction of sp³-hybridized carbons (Fsp3) is 0.429. The minimum absolute atomic E-state index is 0.124. The first-order chi connectivity index (χ1) is 11.0. The molecule has 0 bridgehead atoms. The lowest BCUT2D eigenvalue weighted by molar-refractivity contribution is -0.384. The van der Waals surface area contributed by atoms with Gasteiger partial charge in [0.15, 0.2) is 0 Å². The number of hydrogen-bond acceptors (Lipinski definition) is 6. The Labute approximate surface area is 143 Å². The molecule has 7 nitrogen and oxygen atoms in total. The molecule has 1 aromatic carbocycles. The minimum Gasteiger partial charge on any atom is -0.496 e. The number of likely N-dealkylation sites (tertiary alicyclic amines) is 1. The fourth-order valence-electron chi connectivity index (χ4n) is 2.20. The van der Waals surface area contributed by atoms with Crippen molar-refractivity contribution in [3.8, 4) is 5.75 Å². The molecule has 0 unspecified atom stereocenters. The van der Waals surface area contributed by atoms with E-state index in [-0.39, 0.29) is 23.0 Å². The van der Waals surface area contributed by atoms with Gasteiger partial charge in [0.25, 0.3) is 5.69 Å². The van der Waals surface area contributed by atoms with Gasteiger partial charge in [-0.1, -0.05) is 24.0 Å². The summed E-state index contributed by atoms with van der Waals surface area (Å²) in [5.41, 5.74) is -0.0571. The molecule has 124 valence electrons. The van der Waals surface area contributed by atoms with E-state index in [0.29, 0.717) is 10.1 Å². The van der Waals surface area contributed by atoms with Gasteiger partial charge in [0.1, 0.15) is 15.8 Å². The highest BCUT2D eigenvalue weighted by molar-refractivity contribution is 8.23. The number of carbonyl (C=O) groups excluding carboxylic acids is 1. The molecule has 9 heteroatoms. The van der Waals surface area contributed by atoms with Gasteiger partial charge in [0.2, 0.25) is 5.91 Å². The van der Waals surface area contributed by atoms with E-state index in [1.54, 1.807) is 6.07 Å². The van der Waals surface area contributed by atoms with Gasteiger partial charge in [-0.25, -0.2) is 0 Å². The van der Waals surface area contributed by atoms with Crippen molar-refractivity contribution in [1.29, 1.82) is 0 Å². The van der Waals surface area contributed by atoms with Crippen molar-refractivity contribution in [3.05, 3.63) is 28.3 Å². The molecule has 2 rings (SSSR count). The van der Waals surface area contributed by atoms with Crippen LogP contribution in [0.15, 0.2) is 18.2 Å². The number of nitro groups is 1. The van der Waals surface area contributed by atoms with Crippen LogP contribution in [0, 0.1) is 10.1 Å². The highest BCUT2D eigenvalue weighted by Crippen LogP contribution is 2.29. The zero-order valence-corrected chi connectivity index (χ0v) is 14.2. The number of amides is 1. The number of nitro benzene ring substituents is 1. The summed E-state index contributed by atoms with van der Waals surface area (Å²) in [4.78, 5) is 24.6. The topological polar surface area (TPSA) is 84.7 Å². The Bertz CT molecular complexity index is 618. The highest BCUT2D eigenvalue weighted by Gasteiger charge is 2.19. The third-order valence-electron chi connectivity index (χ3n) is 3.37. The number of hydrogen-bond donors (Lipinski definition) is 1. The molecule has 1 heterocycles. The Hall–Kier alpha value is -1.87. The normalized spacial score (nSPS) is 13.7. The number of thioether (sulfide) groups is 1. The molecule has 1 saturated heterocycles. The van der Waals surface area contributed by atoms with Crippen molar-refractivity contribution < 1.29 is 14.5 Å². The molecule has 0 radical (unpaired) electrons.